The number of carbonyl (C=O) groups excluding carboxylic acids is 1. The third-order valence-corrected chi connectivity index (χ3v) is 3.30. The zero-order valence-electron chi connectivity index (χ0n) is 12.2. The zero-order valence-corrected chi connectivity index (χ0v) is 12.2. The SMILES string of the molecule is Cc1ccc(NCCC(=O)Nc2cccc(F)c2)cc1C. The summed E-state index contributed by atoms with van der Waals surface area (Å²) in [6.07, 6.45) is 0.323. The molecule has 0 fully saturated rings. The predicted octanol–water partition coefficient (Wildman–Crippen LogP) is 3.88. The van der Waals surface area contributed by atoms with Gasteiger partial charge in [0.2, 0.25) is 5.91 Å². The smallest absolute Gasteiger partial charge is 0.226 e. The molecule has 0 saturated carbocycles. The van der Waals surface area contributed by atoms with Gasteiger partial charge in [0.25, 0.3) is 0 Å². The van der Waals surface area contributed by atoms with Crippen LogP contribution < -0.4 is 10.6 Å². The van der Waals surface area contributed by atoms with Gasteiger partial charge in [-0.1, -0.05) is 12.1 Å². The number of rotatable bonds is 5. The van der Waals surface area contributed by atoms with E-state index in [0.29, 0.717) is 18.7 Å². The maximum absolute atomic E-state index is 13.0. The highest BCUT2D eigenvalue weighted by molar-refractivity contribution is 5.90. The van der Waals surface area contributed by atoms with E-state index < -0.39 is 0 Å². The molecule has 0 radical (unpaired) electrons. The highest BCUT2D eigenvalue weighted by Crippen LogP contribution is 2.14. The second-order valence-corrected chi connectivity index (χ2v) is 5.03. The lowest BCUT2D eigenvalue weighted by molar-refractivity contribution is -0.115. The second-order valence-electron chi connectivity index (χ2n) is 5.03. The standard InChI is InChI=1S/C17H19FN2O/c1-12-6-7-15(10-13(12)2)19-9-8-17(21)20-16-5-3-4-14(18)11-16/h3-7,10-11,19H,8-9H2,1-2H3,(H,20,21). The molecule has 0 spiro atoms. The van der Waals surface area contributed by atoms with Gasteiger partial charge in [0.1, 0.15) is 5.82 Å². The Morgan fingerprint density at radius 1 is 1.05 bits per heavy atom. The van der Waals surface area contributed by atoms with Gasteiger partial charge in [-0.2, -0.15) is 0 Å². The minimum Gasteiger partial charge on any atom is -0.385 e. The van der Waals surface area contributed by atoms with E-state index in [1.165, 1.54) is 23.3 Å². The van der Waals surface area contributed by atoms with Crippen LogP contribution in [0.25, 0.3) is 0 Å². The summed E-state index contributed by atoms with van der Waals surface area (Å²) in [4.78, 5) is 11.8. The molecule has 21 heavy (non-hydrogen) atoms. The van der Waals surface area contributed by atoms with Crippen LogP contribution >= 0.6 is 0 Å². The van der Waals surface area contributed by atoms with Gasteiger partial charge in [0.05, 0.1) is 0 Å². The molecule has 110 valence electrons. The van der Waals surface area contributed by atoms with Crippen LogP contribution in [0.1, 0.15) is 17.5 Å². The first-order valence-electron chi connectivity index (χ1n) is 6.91. The molecule has 0 bridgehead atoms. The van der Waals surface area contributed by atoms with Crippen molar-refractivity contribution in [2.75, 3.05) is 17.2 Å². The first-order chi connectivity index (χ1) is 10.0. The lowest BCUT2D eigenvalue weighted by Gasteiger charge is -2.09. The summed E-state index contributed by atoms with van der Waals surface area (Å²) in [6, 6.07) is 12.0. The van der Waals surface area contributed by atoms with E-state index in [1.807, 2.05) is 12.1 Å². The molecule has 0 aliphatic heterocycles. The molecule has 0 aliphatic carbocycles. The Bertz CT molecular complexity index is 640. The fraction of sp³-hybridized carbons (Fsp3) is 0.235. The average molecular weight is 286 g/mol. The number of amides is 1. The number of benzene rings is 2. The Kier molecular flexibility index (Phi) is 4.93. The lowest BCUT2D eigenvalue weighted by atomic mass is 10.1. The summed E-state index contributed by atoms with van der Waals surface area (Å²) in [7, 11) is 0. The van der Waals surface area contributed by atoms with Gasteiger partial charge in [0.15, 0.2) is 0 Å². The van der Waals surface area contributed by atoms with Crippen molar-refractivity contribution in [3.8, 4) is 0 Å². The Labute approximate surface area is 124 Å². The molecule has 0 aromatic heterocycles. The number of anilines is 2. The molecule has 0 aliphatic rings. The van der Waals surface area contributed by atoms with Crippen molar-refractivity contribution >= 4 is 17.3 Å². The summed E-state index contributed by atoms with van der Waals surface area (Å²) in [5.74, 6) is -0.502. The third-order valence-electron chi connectivity index (χ3n) is 3.30. The number of nitrogens with one attached hydrogen (secondary N) is 2. The van der Waals surface area contributed by atoms with Crippen LogP contribution in [-0.2, 0) is 4.79 Å². The predicted molar refractivity (Wildman–Crippen MR) is 84.1 cm³/mol. The van der Waals surface area contributed by atoms with Crippen molar-refractivity contribution in [3.05, 3.63) is 59.4 Å². The summed E-state index contributed by atoms with van der Waals surface area (Å²) in [5.41, 5.74) is 3.93. The minimum absolute atomic E-state index is 0.142. The number of hydrogen-bond acceptors (Lipinski definition) is 2. The van der Waals surface area contributed by atoms with E-state index in [-0.39, 0.29) is 11.7 Å². The lowest BCUT2D eigenvalue weighted by Crippen LogP contribution is -2.16. The van der Waals surface area contributed by atoms with Crippen molar-refractivity contribution < 1.29 is 9.18 Å². The number of hydrogen-bond donors (Lipinski definition) is 2. The quantitative estimate of drug-likeness (QED) is 0.875. The second kappa shape index (κ2) is 6.88. The van der Waals surface area contributed by atoms with Crippen LogP contribution in [-0.4, -0.2) is 12.5 Å². The number of halogens is 1. The maximum atomic E-state index is 13.0. The van der Waals surface area contributed by atoms with Crippen molar-refractivity contribution in [1.29, 1.82) is 0 Å². The summed E-state index contributed by atoms with van der Waals surface area (Å²) < 4.78 is 13.0. The molecule has 2 rings (SSSR count). The first kappa shape index (κ1) is 15.0. The van der Waals surface area contributed by atoms with Crippen LogP contribution in [0.2, 0.25) is 0 Å². The summed E-state index contributed by atoms with van der Waals surface area (Å²) in [5, 5.41) is 5.88. The molecular weight excluding hydrogens is 267 g/mol. The van der Waals surface area contributed by atoms with Crippen molar-refractivity contribution in [1.82, 2.24) is 0 Å². The van der Waals surface area contributed by atoms with Gasteiger partial charge in [-0.05, 0) is 55.3 Å². The zero-order chi connectivity index (χ0) is 15.2. The van der Waals surface area contributed by atoms with E-state index in [0.717, 1.165) is 5.69 Å². The molecule has 2 N–H and O–H groups in total. The summed E-state index contributed by atoms with van der Waals surface area (Å²) >= 11 is 0. The fourth-order valence-corrected chi connectivity index (χ4v) is 1.96. The van der Waals surface area contributed by atoms with E-state index in [9.17, 15) is 9.18 Å². The normalized spacial score (nSPS) is 10.2. The molecule has 0 heterocycles. The van der Waals surface area contributed by atoms with Gasteiger partial charge in [-0.25, -0.2) is 4.39 Å². The third kappa shape index (κ3) is 4.60. The fourth-order valence-electron chi connectivity index (χ4n) is 1.96. The highest BCUT2D eigenvalue weighted by Gasteiger charge is 2.03. The van der Waals surface area contributed by atoms with Crippen LogP contribution in [0, 0.1) is 19.7 Å². The van der Waals surface area contributed by atoms with E-state index in [1.54, 1.807) is 12.1 Å². The number of aryl methyl sites for hydroxylation is 2. The van der Waals surface area contributed by atoms with Gasteiger partial charge in [0, 0.05) is 24.3 Å². The molecule has 1 amide bonds. The van der Waals surface area contributed by atoms with E-state index in [4.69, 9.17) is 0 Å². The van der Waals surface area contributed by atoms with Gasteiger partial charge >= 0.3 is 0 Å². The molecular formula is C17H19FN2O. The average Bonchev–Trinajstić information content (AvgIpc) is 2.43. The molecule has 2 aromatic carbocycles. The number of carbonyl (C=O) groups is 1. The monoisotopic (exact) mass is 286 g/mol. The van der Waals surface area contributed by atoms with Crippen molar-refractivity contribution in [2.24, 2.45) is 0 Å². The van der Waals surface area contributed by atoms with Crippen LogP contribution in [0.5, 0.6) is 0 Å². The largest absolute Gasteiger partial charge is 0.385 e. The molecule has 0 atom stereocenters. The minimum atomic E-state index is -0.360. The van der Waals surface area contributed by atoms with Crippen molar-refractivity contribution in [2.45, 2.75) is 20.3 Å². The van der Waals surface area contributed by atoms with Gasteiger partial charge in [-0.3, -0.25) is 4.79 Å². The maximum Gasteiger partial charge on any atom is 0.226 e. The van der Waals surface area contributed by atoms with Crippen LogP contribution in [0.4, 0.5) is 15.8 Å². The first-order valence-corrected chi connectivity index (χ1v) is 6.91. The molecule has 3 nitrogen and oxygen atoms in total. The Hall–Kier alpha value is -2.36. The Morgan fingerprint density at radius 2 is 1.86 bits per heavy atom. The van der Waals surface area contributed by atoms with Crippen LogP contribution in [0.15, 0.2) is 42.5 Å². The van der Waals surface area contributed by atoms with Gasteiger partial charge in [-0.15, -0.1) is 0 Å². The van der Waals surface area contributed by atoms with Crippen LogP contribution in [0.3, 0.4) is 0 Å². The Morgan fingerprint density at radius 3 is 2.57 bits per heavy atom. The topological polar surface area (TPSA) is 41.1 Å². The van der Waals surface area contributed by atoms with E-state index >= 15 is 0 Å². The van der Waals surface area contributed by atoms with E-state index in [2.05, 4.69) is 30.5 Å². The molecule has 0 saturated heterocycles. The summed E-state index contributed by atoms with van der Waals surface area (Å²) in [6.45, 7) is 4.65. The molecule has 0 unspecified atom stereocenters. The van der Waals surface area contributed by atoms with Crippen molar-refractivity contribution in [3.63, 3.8) is 0 Å². The molecule has 2 aromatic rings. The molecule has 4 heteroatoms. The van der Waals surface area contributed by atoms with Gasteiger partial charge < -0.3 is 10.6 Å². The Balaban J connectivity index is 1.80. The highest BCUT2D eigenvalue weighted by atomic mass is 19.1.